The molecule has 0 aliphatic carbocycles. The number of rotatable bonds is 9. The van der Waals surface area contributed by atoms with Crippen LogP contribution in [0.5, 0.6) is 22.7 Å². The molecule has 4 atom stereocenters. The Kier molecular flexibility index (Phi) is 9.19. The molecule has 15 heteroatoms. The zero-order chi connectivity index (χ0) is 37.1. The van der Waals surface area contributed by atoms with E-state index in [9.17, 15) is 13.6 Å². The zero-order valence-electron chi connectivity index (χ0n) is 30.2. The minimum atomic E-state index is -0.895. The number of alkyl halides is 1. The topological polar surface area (TPSA) is 112 Å². The van der Waals surface area contributed by atoms with Gasteiger partial charge in [-0.3, -0.25) is 9.80 Å². The molecule has 4 fully saturated rings. The van der Waals surface area contributed by atoms with Gasteiger partial charge in [0.15, 0.2) is 17.4 Å². The largest absolute Gasteiger partial charge is 0.467 e. The number of piperazine rings is 1. The fraction of sp³-hybridized carbons (Fsp3) is 0.526. The number of ether oxygens (including phenoxy) is 5. The summed E-state index contributed by atoms with van der Waals surface area (Å²) in [6.45, 7) is 8.11. The predicted molar refractivity (Wildman–Crippen MR) is 195 cm³/mol. The van der Waals surface area contributed by atoms with Gasteiger partial charge in [0.2, 0.25) is 0 Å². The number of anilines is 1. The zero-order valence-corrected chi connectivity index (χ0v) is 31.0. The Bertz CT molecular complexity index is 2090. The molecule has 4 aliphatic heterocycles. The molecule has 4 saturated heterocycles. The Morgan fingerprint density at radius 2 is 1.91 bits per heavy atom. The third-order valence-electron chi connectivity index (χ3n) is 10.5. The first-order chi connectivity index (χ1) is 25.4. The molecule has 6 heterocycles. The van der Waals surface area contributed by atoms with Crippen molar-refractivity contribution in [1.29, 1.82) is 0 Å². The quantitative estimate of drug-likeness (QED) is 0.135. The summed E-state index contributed by atoms with van der Waals surface area (Å²) in [5.41, 5.74) is -0.459. The van der Waals surface area contributed by atoms with E-state index >= 15 is 0 Å². The molecular weight excluding hydrogens is 707 g/mol. The lowest BCUT2D eigenvalue weighted by molar-refractivity contribution is 0.0122. The van der Waals surface area contributed by atoms with E-state index in [-0.39, 0.29) is 59.6 Å². The summed E-state index contributed by atoms with van der Waals surface area (Å²) in [5.74, 6) is 3.13. The van der Waals surface area contributed by atoms with Crippen LogP contribution in [0.15, 0.2) is 24.3 Å². The summed E-state index contributed by atoms with van der Waals surface area (Å²) < 4.78 is 58.9. The molecule has 2 aromatic carbocycles. The van der Waals surface area contributed by atoms with Crippen molar-refractivity contribution < 1.29 is 37.3 Å². The highest BCUT2D eigenvalue weighted by Crippen LogP contribution is 2.44. The summed E-state index contributed by atoms with van der Waals surface area (Å²) in [7, 11) is 1.51. The highest BCUT2D eigenvalue weighted by Gasteiger charge is 2.50. The molecule has 12 nitrogen and oxygen atoms in total. The number of thiazole rings is 1. The number of methoxy groups -OCH3 is 1. The van der Waals surface area contributed by atoms with Gasteiger partial charge in [0.05, 0.1) is 23.2 Å². The first-order valence-corrected chi connectivity index (χ1v) is 18.7. The number of halogens is 2. The molecule has 4 aliphatic rings. The lowest BCUT2D eigenvalue weighted by atomic mass is 9.95. The van der Waals surface area contributed by atoms with E-state index in [1.165, 1.54) is 24.5 Å². The maximum atomic E-state index is 15.0. The number of fused-ring (bicyclic) bond motifs is 5. The van der Waals surface area contributed by atoms with Crippen LogP contribution in [0.4, 0.5) is 19.4 Å². The highest BCUT2D eigenvalue weighted by atomic mass is 32.1. The van der Waals surface area contributed by atoms with Gasteiger partial charge in [-0.25, -0.2) is 13.6 Å². The van der Waals surface area contributed by atoms with Crippen LogP contribution in [0.25, 0.3) is 21.1 Å². The molecule has 2 bridgehead atoms. The summed E-state index contributed by atoms with van der Waals surface area (Å²) >= 11 is 1.18. The summed E-state index contributed by atoms with van der Waals surface area (Å²) in [4.78, 5) is 34.5. The second kappa shape index (κ2) is 13.7. The number of aromatic nitrogens is 3. The predicted octanol–water partition coefficient (Wildman–Crippen LogP) is 6.68. The van der Waals surface area contributed by atoms with E-state index in [2.05, 4.69) is 15.7 Å². The second-order valence-corrected chi connectivity index (χ2v) is 16.2. The highest BCUT2D eigenvalue weighted by molar-refractivity contribution is 7.19. The number of nitrogens with zero attached hydrogens (tertiary/aromatic N) is 6. The molecule has 0 N–H and O–H groups in total. The lowest BCUT2D eigenvalue weighted by Crippen LogP contribution is -2.57. The summed E-state index contributed by atoms with van der Waals surface area (Å²) in [6, 6.07) is 6.25. The van der Waals surface area contributed by atoms with Crippen LogP contribution in [0, 0.1) is 18.2 Å². The van der Waals surface area contributed by atoms with Gasteiger partial charge < -0.3 is 28.6 Å². The van der Waals surface area contributed by atoms with Crippen molar-refractivity contribution in [2.45, 2.75) is 82.3 Å². The number of carbonyl (C=O) groups is 1. The van der Waals surface area contributed by atoms with Gasteiger partial charge in [0, 0.05) is 44.6 Å². The van der Waals surface area contributed by atoms with Crippen molar-refractivity contribution in [3.63, 3.8) is 0 Å². The fourth-order valence-corrected chi connectivity index (χ4v) is 9.13. The maximum absolute atomic E-state index is 15.0. The third kappa shape index (κ3) is 6.77. The second-order valence-electron chi connectivity index (χ2n) is 15.2. The van der Waals surface area contributed by atoms with Crippen LogP contribution in [-0.4, -0.2) is 107 Å². The average molecular weight is 749 g/mol. The molecule has 0 spiro atoms. The lowest BCUT2D eigenvalue weighted by Gasteiger charge is -2.41. The van der Waals surface area contributed by atoms with Crippen LogP contribution in [-0.2, 0) is 9.47 Å². The minimum absolute atomic E-state index is 0.00872. The van der Waals surface area contributed by atoms with Crippen molar-refractivity contribution >= 4 is 44.4 Å². The van der Waals surface area contributed by atoms with E-state index in [0.29, 0.717) is 58.7 Å². The number of amides is 1. The Balaban J connectivity index is 1.16. The van der Waals surface area contributed by atoms with E-state index in [1.807, 2.05) is 25.7 Å². The summed E-state index contributed by atoms with van der Waals surface area (Å²) in [5, 5.41) is 1.23. The molecule has 2 unspecified atom stereocenters. The van der Waals surface area contributed by atoms with Crippen LogP contribution < -0.4 is 19.1 Å². The van der Waals surface area contributed by atoms with Gasteiger partial charge in [0.25, 0.3) is 5.19 Å². The molecule has 0 saturated carbocycles. The number of hydrogen-bond acceptors (Lipinski definition) is 12. The Morgan fingerprint density at radius 3 is 2.64 bits per heavy atom. The van der Waals surface area contributed by atoms with E-state index in [1.54, 1.807) is 18.2 Å². The minimum Gasteiger partial charge on any atom is -0.467 e. The molecule has 53 heavy (non-hydrogen) atoms. The third-order valence-corrected chi connectivity index (χ3v) is 11.3. The molecule has 0 radical (unpaired) electrons. The summed E-state index contributed by atoms with van der Waals surface area (Å²) in [6.07, 6.45) is 8.46. The van der Waals surface area contributed by atoms with Crippen LogP contribution in [0.1, 0.15) is 58.4 Å². The average Bonchev–Trinajstić information content (AvgIpc) is 3.84. The Labute approximate surface area is 310 Å². The van der Waals surface area contributed by atoms with Crippen LogP contribution in [0.3, 0.4) is 0 Å². The Hall–Kier alpha value is -4.52. The van der Waals surface area contributed by atoms with Gasteiger partial charge in [-0.15, -0.1) is 6.42 Å². The number of terminal acetylenes is 1. The molecule has 2 aromatic heterocycles. The van der Waals surface area contributed by atoms with Gasteiger partial charge in [-0.05, 0) is 70.5 Å². The molecule has 8 rings (SSSR count). The normalized spacial score (nSPS) is 24.1. The first-order valence-electron chi connectivity index (χ1n) is 17.9. The van der Waals surface area contributed by atoms with Crippen molar-refractivity contribution in [3.05, 3.63) is 35.6 Å². The Morgan fingerprint density at radius 1 is 1.11 bits per heavy atom. The number of carbonyl (C=O) groups excluding carboxylic acids is 1. The van der Waals surface area contributed by atoms with Gasteiger partial charge in [-0.2, -0.15) is 15.0 Å². The van der Waals surface area contributed by atoms with Crippen molar-refractivity contribution in [2.24, 2.45) is 0 Å². The van der Waals surface area contributed by atoms with Crippen LogP contribution in [0.2, 0.25) is 0 Å². The van der Waals surface area contributed by atoms with E-state index in [4.69, 9.17) is 45.1 Å². The standard InChI is InChI=1S/C38H42F2N6O6S/c1-6-27-28(40)11-8-22-14-26(50-21-48-5)15-29(30(22)27)51-35-41-31-32(44-18-24-9-10-25(19-44)46(24)36(47)52-37(2,3)4)42-34(43-33(31)53-35)49-20-38-12-7-13-45(38)17-23(39)16-38/h1,8,11,14-15,23-25H,7,9-10,12-13,16-21H2,2-5H3/t23-,24?,25?,38+/m1/s1. The van der Waals surface area contributed by atoms with E-state index in [0.717, 1.165) is 32.2 Å². The van der Waals surface area contributed by atoms with Crippen molar-refractivity contribution in [1.82, 2.24) is 24.8 Å². The maximum Gasteiger partial charge on any atom is 0.410 e. The van der Waals surface area contributed by atoms with Gasteiger partial charge in [-0.1, -0.05) is 23.3 Å². The SMILES string of the molecule is C#Cc1c(F)ccc2cc(OCOC)cc(Oc3nc4c(N5CC6CCC(C5)N6C(=O)OC(C)(C)C)nc(OC[C@@]56CCCN5C[C@H](F)C6)nc4s3)c12. The van der Waals surface area contributed by atoms with Crippen molar-refractivity contribution in [2.75, 3.05) is 51.6 Å². The van der Waals surface area contributed by atoms with Crippen LogP contribution >= 0.6 is 11.3 Å². The number of hydrogen-bond donors (Lipinski definition) is 0. The smallest absolute Gasteiger partial charge is 0.410 e. The van der Waals surface area contributed by atoms with E-state index < -0.39 is 17.6 Å². The monoisotopic (exact) mass is 748 g/mol. The fourth-order valence-electron chi connectivity index (χ4n) is 8.34. The molecule has 4 aromatic rings. The van der Waals surface area contributed by atoms with Crippen molar-refractivity contribution in [3.8, 4) is 35.0 Å². The van der Waals surface area contributed by atoms with Gasteiger partial charge in [0.1, 0.15) is 41.2 Å². The molecular formula is C38H42F2N6O6S. The first kappa shape index (κ1) is 35.5. The molecule has 280 valence electrons. The molecule has 1 amide bonds. The number of benzene rings is 2. The van der Waals surface area contributed by atoms with Gasteiger partial charge >= 0.3 is 12.1 Å².